The summed E-state index contributed by atoms with van der Waals surface area (Å²) in [6.45, 7) is 15.3. The van der Waals surface area contributed by atoms with Crippen molar-refractivity contribution in [2.75, 3.05) is 0 Å². The number of hydrogen-bond donors (Lipinski definition) is 0. The molecular weight excluding hydrogens is 422 g/mol. The molecule has 0 saturated carbocycles. The number of thiophene rings is 1. The Bertz CT molecular complexity index is 1100. The normalized spacial score (nSPS) is 9.91. The van der Waals surface area contributed by atoms with Gasteiger partial charge < -0.3 is 4.74 Å². The summed E-state index contributed by atoms with van der Waals surface area (Å²) in [6.07, 6.45) is 4.98. The molecule has 33 heavy (non-hydrogen) atoms. The highest BCUT2D eigenvalue weighted by Crippen LogP contribution is 2.43. The van der Waals surface area contributed by atoms with Gasteiger partial charge in [-0.25, -0.2) is 0 Å². The van der Waals surface area contributed by atoms with Crippen molar-refractivity contribution in [3.63, 3.8) is 0 Å². The van der Waals surface area contributed by atoms with E-state index in [1.165, 1.54) is 45.4 Å². The first-order valence-corrected chi connectivity index (χ1v) is 12.8. The Morgan fingerprint density at radius 3 is 2.15 bits per heavy atom. The molecule has 0 fully saturated rings. The van der Waals surface area contributed by atoms with Gasteiger partial charge in [0.15, 0.2) is 0 Å². The van der Waals surface area contributed by atoms with Crippen LogP contribution < -0.4 is 4.74 Å². The lowest BCUT2D eigenvalue weighted by atomic mass is 9.91. The van der Waals surface area contributed by atoms with E-state index in [0.29, 0.717) is 6.61 Å². The molecule has 4 rings (SSSR count). The highest BCUT2D eigenvalue weighted by molar-refractivity contribution is 7.08. The number of aryl methyl sites for hydroxylation is 1. The maximum Gasteiger partial charge on any atom is 0.128 e. The Balaban J connectivity index is 0.000000714. The second kappa shape index (κ2) is 13.6. The lowest BCUT2D eigenvalue weighted by molar-refractivity contribution is 0.307. The first-order chi connectivity index (χ1) is 16.1. The first kappa shape index (κ1) is 26.3. The summed E-state index contributed by atoms with van der Waals surface area (Å²) in [5.41, 5.74) is 9.72. The average Bonchev–Trinajstić information content (AvgIpc) is 3.33. The predicted molar refractivity (Wildman–Crippen MR) is 145 cm³/mol. The zero-order valence-electron chi connectivity index (χ0n) is 21.1. The summed E-state index contributed by atoms with van der Waals surface area (Å²) in [7, 11) is 0. The Kier molecular flexibility index (Phi) is 10.9. The minimum Gasteiger partial charge on any atom is -0.488 e. The molecule has 0 saturated heterocycles. The van der Waals surface area contributed by atoms with E-state index in [9.17, 15) is 0 Å². The second-order valence-electron chi connectivity index (χ2n) is 7.74. The van der Waals surface area contributed by atoms with E-state index in [1.807, 2.05) is 50.5 Å². The van der Waals surface area contributed by atoms with Crippen molar-refractivity contribution in [1.29, 1.82) is 0 Å². The third-order valence-electron chi connectivity index (χ3n) is 5.26. The SMILES string of the molecule is CC.CCC.Cc1cc(OCc2ccccc2)c(-c2cscc2-c2cccnc2)c(C)c1C. The zero-order valence-corrected chi connectivity index (χ0v) is 21.9. The number of hydrogen-bond acceptors (Lipinski definition) is 3. The lowest BCUT2D eigenvalue weighted by Gasteiger charge is -2.19. The molecule has 0 bridgehead atoms. The van der Waals surface area contributed by atoms with Gasteiger partial charge in [0.25, 0.3) is 0 Å². The van der Waals surface area contributed by atoms with Crippen LogP contribution in [-0.2, 0) is 6.61 Å². The maximum atomic E-state index is 6.34. The fourth-order valence-corrected chi connectivity index (χ4v) is 4.31. The van der Waals surface area contributed by atoms with Gasteiger partial charge in [-0.15, -0.1) is 0 Å². The topological polar surface area (TPSA) is 22.1 Å². The molecule has 174 valence electrons. The molecule has 0 aliphatic rings. The summed E-state index contributed by atoms with van der Waals surface area (Å²) >= 11 is 1.71. The van der Waals surface area contributed by atoms with Gasteiger partial charge in [-0.3, -0.25) is 4.98 Å². The van der Waals surface area contributed by atoms with E-state index >= 15 is 0 Å². The number of pyridine rings is 1. The molecule has 0 atom stereocenters. The number of ether oxygens (including phenoxy) is 1. The van der Waals surface area contributed by atoms with Crippen molar-refractivity contribution >= 4 is 11.3 Å². The van der Waals surface area contributed by atoms with Crippen LogP contribution in [0.3, 0.4) is 0 Å². The van der Waals surface area contributed by atoms with Crippen molar-refractivity contribution in [2.45, 2.75) is 61.5 Å². The molecule has 0 aliphatic carbocycles. The molecular formula is C30H37NOS. The first-order valence-electron chi connectivity index (χ1n) is 11.8. The molecule has 4 aromatic rings. The third kappa shape index (κ3) is 6.79. The summed E-state index contributed by atoms with van der Waals surface area (Å²) in [6, 6.07) is 16.6. The Morgan fingerprint density at radius 2 is 1.52 bits per heavy atom. The van der Waals surface area contributed by atoms with E-state index in [1.54, 1.807) is 11.3 Å². The maximum absolute atomic E-state index is 6.34. The van der Waals surface area contributed by atoms with E-state index in [0.717, 1.165) is 11.3 Å². The molecule has 0 N–H and O–H groups in total. The molecule has 0 aliphatic heterocycles. The molecule has 2 aromatic heterocycles. The van der Waals surface area contributed by atoms with Gasteiger partial charge in [0.2, 0.25) is 0 Å². The Hall–Kier alpha value is -2.91. The molecule has 0 unspecified atom stereocenters. The van der Waals surface area contributed by atoms with Gasteiger partial charge in [0.05, 0.1) is 0 Å². The average molecular weight is 460 g/mol. The van der Waals surface area contributed by atoms with Crippen molar-refractivity contribution in [1.82, 2.24) is 4.98 Å². The zero-order chi connectivity index (χ0) is 24.2. The smallest absolute Gasteiger partial charge is 0.128 e. The van der Waals surface area contributed by atoms with Crippen molar-refractivity contribution in [3.05, 3.63) is 93.9 Å². The summed E-state index contributed by atoms with van der Waals surface area (Å²) in [4.78, 5) is 4.30. The summed E-state index contributed by atoms with van der Waals surface area (Å²) in [5, 5.41) is 4.41. The van der Waals surface area contributed by atoms with Crippen molar-refractivity contribution < 1.29 is 4.74 Å². The largest absolute Gasteiger partial charge is 0.488 e. The number of aromatic nitrogens is 1. The van der Waals surface area contributed by atoms with Crippen LogP contribution in [-0.4, -0.2) is 4.98 Å². The van der Waals surface area contributed by atoms with E-state index < -0.39 is 0 Å². The van der Waals surface area contributed by atoms with Crippen molar-refractivity contribution in [2.24, 2.45) is 0 Å². The Morgan fingerprint density at radius 1 is 0.848 bits per heavy atom. The minimum absolute atomic E-state index is 0.558. The molecule has 0 spiro atoms. The Labute approximate surface area is 204 Å². The quantitative estimate of drug-likeness (QED) is 0.296. The van der Waals surface area contributed by atoms with E-state index in [2.05, 4.69) is 74.6 Å². The van der Waals surface area contributed by atoms with Gasteiger partial charge in [-0.1, -0.05) is 70.5 Å². The van der Waals surface area contributed by atoms with Gasteiger partial charge >= 0.3 is 0 Å². The fraction of sp³-hybridized carbons (Fsp3) is 0.300. The van der Waals surface area contributed by atoms with Crippen LogP contribution in [0.1, 0.15) is 56.4 Å². The fourth-order valence-electron chi connectivity index (χ4n) is 3.47. The van der Waals surface area contributed by atoms with Crippen LogP contribution in [0.5, 0.6) is 5.75 Å². The summed E-state index contributed by atoms with van der Waals surface area (Å²) < 4.78 is 6.34. The van der Waals surface area contributed by atoms with E-state index in [4.69, 9.17) is 4.74 Å². The van der Waals surface area contributed by atoms with Crippen LogP contribution in [0.4, 0.5) is 0 Å². The van der Waals surface area contributed by atoms with Gasteiger partial charge in [-0.2, -0.15) is 11.3 Å². The molecule has 0 radical (unpaired) electrons. The number of nitrogens with zero attached hydrogens (tertiary/aromatic N) is 1. The lowest BCUT2D eigenvalue weighted by Crippen LogP contribution is -2.01. The monoisotopic (exact) mass is 459 g/mol. The third-order valence-corrected chi connectivity index (χ3v) is 6.01. The van der Waals surface area contributed by atoms with Gasteiger partial charge in [-0.05, 0) is 65.9 Å². The summed E-state index contributed by atoms with van der Waals surface area (Å²) in [5.74, 6) is 0.938. The molecule has 2 aromatic carbocycles. The predicted octanol–water partition coefficient (Wildman–Crippen LogP) is 9.42. The van der Waals surface area contributed by atoms with Crippen LogP contribution in [0, 0.1) is 20.8 Å². The molecule has 0 amide bonds. The standard InChI is InChI=1S/C25H23NOS.C3H8.C2H6/c1-17-12-24(27-14-20-8-5-4-6-9-20)25(19(3)18(17)2)23-16-28-15-22(23)21-10-7-11-26-13-21;1-3-2;1-2/h4-13,15-16H,14H2,1-3H3;3H2,1-2H3;1-2H3. The second-order valence-corrected chi connectivity index (χ2v) is 8.48. The molecule has 2 heterocycles. The van der Waals surface area contributed by atoms with Crippen LogP contribution in [0.15, 0.2) is 71.7 Å². The minimum atomic E-state index is 0.558. The van der Waals surface area contributed by atoms with Crippen LogP contribution in [0.25, 0.3) is 22.3 Å². The van der Waals surface area contributed by atoms with Gasteiger partial charge in [0, 0.05) is 34.6 Å². The number of rotatable bonds is 5. The highest BCUT2D eigenvalue weighted by atomic mass is 32.1. The molecule has 3 heteroatoms. The van der Waals surface area contributed by atoms with Gasteiger partial charge in [0.1, 0.15) is 12.4 Å². The highest BCUT2D eigenvalue weighted by Gasteiger charge is 2.18. The number of benzene rings is 2. The van der Waals surface area contributed by atoms with Crippen molar-refractivity contribution in [3.8, 4) is 28.0 Å². The van der Waals surface area contributed by atoms with Crippen LogP contribution >= 0.6 is 11.3 Å². The van der Waals surface area contributed by atoms with Crippen LogP contribution in [0.2, 0.25) is 0 Å². The molecule has 2 nitrogen and oxygen atoms in total. The van der Waals surface area contributed by atoms with E-state index in [-0.39, 0.29) is 0 Å².